The predicted octanol–water partition coefficient (Wildman–Crippen LogP) is -2.35. The molecule has 1 saturated heterocycles. The summed E-state index contributed by atoms with van der Waals surface area (Å²) in [4.78, 5) is 11.0. The van der Waals surface area contributed by atoms with Gasteiger partial charge in [-0.25, -0.2) is 0 Å². The van der Waals surface area contributed by atoms with Gasteiger partial charge in [-0.2, -0.15) is 12.6 Å². The fourth-order valence-corrected chi connectivity index (χ4v) is 1.59. The third-order valence-corrected chi connectivity index (χ3v) is 2.64. The Bertz CT molecular complexity index is 262. The van der Waals surface area contributed by atoms with Crippen LogP contribution in [0.4, 0.5) is 0 Å². The standard InChI is InChI=1S/C9H16O7S/c10-5(1-2-17)15-3-4-6(11)7(12)8(13)9(14)16-4/h4,6-9,11-14,17H,1-3H2/t4-,6-,7+,8+,9?/m1/s1. The fraction of sp³-hybridized carbons (Fsp3) is 0.889. The number of aliphatic hydroxyl groups is 4. The smallest absolute Gasteiger partial charge is 0.306 e. The highest BCUT2D eigenvalue weighted by Crippen LogP contribution is 2.20. The van der Waals surface area contributed by atoms with E-state index in [4.69, 9.17) is 9.47 Å². The molecule has 1 aliphatic heterocycles. The van der Waals surface area contributed by atoms with Crippen LogP contribution in [0, 0.1) is 0 Å². The van der Waals surface area contributed by atoms with Crippen LogP contribution in [0.15, 0.2) is 0 Å². The summed E-state index contributed by atoms with van der Waals surface area (Å²) in [5, 5.41) is 37.3. The highest BCUT2D eigenvalue weighted by molar-refractivity contribution is 7.80. The summed E-state index contributed by atoms with van der Waals surface area (Å²) in [5.74, 6) is -0.192. The average Bonchev–Trinajstić information content (AvgIpc) is 2.30. The molecule has 7 nitrogen and oxygen atoms in total. The highest BCUT2D eigenvalue weighted by atomic mass is 32.1. The van der Waals surface area contributed by atoms with Crippen molar-refractivity contribution >= 4 is 18.6 Å². The summed E-state index contributed by atoms with van der Waals surface area (Å²) in [6.45, 7) is -0.311. The maximum atomic E-state index is 11.0. The van der Waals surface area contributed by atoms with Gasteiger partial charge in [0.05, 0.1) is 6.42 Å². The maximum absolute atomic E-state index is 11.0. The Balaban J connectivity index is 2.45. The van der Waals surface area contributed by atoms with E-state index in [2.05, 4.69) is 12.6 Å². The molecule has 1 fully saturated rings. The molecule has 17 heavy (non-hydrogen) atoms. The zero-order valence-electron chi connectivity index (χ0n) is 8.97. The van der Waals surface area contributed by atoms with Gasteiger partial charge in [-0.15, -0.1) is 0 Å². The molecular weight excluding hydrogens is 252 g/mol. The zero-order chi connectivity index (χ0) is 13.0. The average molecular weight is 268 g/mol. The molecular formula is C9H16O7S. The number of hydrogen-bond donors (Lipinski definition) is 5. The van der Waals surface area contributed by atoms with Gasteiger partial charge < -0.3 is 29.9 Å². The third-order valence-electron chi connectivity index (χ3n) is 2.41. The number of hydrogen-bond acceptors (Lipinski definition) is 8. The van der Waals surface area contributed by atoms with Crippen molar-refractivity contribution < 1.29 is 34.7 Å². The minimum absolute atomic E-state index is 0.111. The van der Waals surface area contributed by atoms with E-state index in [0.29, 0.717) is 5.75 Å². The monoisotopic (exact) mass is 268 g/mol. The largest absolute Gasteiger partial charge is 0.463 e. The second-order valence-electron chi connectivity index (χ2n) is 3.69. The van der Waals surface area contributed by atoms with E-state index < -0.39 is 36.7 Å². The number of carbonyl (C=O) groups is 1. The van der Waals surface area contributed by atoms with Crippen molar-refractivity contribution in [2.45, 2.75) is 37.1 Å². The molecule has 0 spiro atoms. The van der Waals surface area contributed by atoms with E-state index in [1.54, 1.807) is 0 Å². The van der Waals surface area contributed by atoms with Crippen LogP contribution in [0.1, 0.15) is 6.42 Å². The first kappa shape index (κ1) is 14.7. The Morgan fingerprint density at radius 3 is 2.41 bits per heavy atom. The Morgan fingerprint density at radius 1 is 1.18 bits per heavy atom. The third kappa shape index (κ3) is 3.80. The second-order valence-corrected chi connectivity index (χ2v) is 4.14. The van der Waals surface area contributed by atoms with Crippen LogP contribution in [0.2, 0.25) is 0 Å². The van der Waals surface area contributed by atoms with Gasteiger partial charge in [0.2, 0.25) is 0 Å². The minimum atomic E-state index is -1.62. The first-order chi connectivity index (χ1) is 7.97. The van der Waals surface area contributed by atoms with Crippen molar-refractivity contribution in [2.75, 3.05) is 12.4 Å². The number of thiol groups is 1. The summed E-state index contributed by atoms with van der Waals surface area (Å²) >= 11 is 3.84. The molecule has 0 aliphatic carbocycles. The topological polar surface area (TPSA) is 116 Å². The molecule has 1 unspecified atom stereocenters. The van der Waals surface area contributed by atoms with Crippen molar-refractivity contribution in [3.63, 3.8) is 0 Å². The van der Waals surface area contributed by atoms with E-state index in [-0.39, 0.29) is 13.0 Å². The summed E-state index contributed by atoms with van der Waals surface area (Å²) < 4.78 is 9.56. The van der Waals surface area contributed by atoms with E-state index >= 15 is 0 Å². The van der Waals surface area contributed by atoms with Gasteiger partial charge in [-0.1, -0.05) is 0 Å². The van der Waals surface area contributed by atoms with Gasteiger partial charge in [0.1, 0.15) is 31.0 Å². The van der Waals surface area contributed by atoms with Crippen molar-refractivity contribution in [3.8, 4) is 0 Å². The molecule has 0 bridgehead atoms. The number of carbonyl (C=O) groups excluding carboxylic acids is 1. The van der Waals surface area contributed by atoms with Crippen LogP contribution in [0.5, 0.6) is 0 Å². The molecule has 1 rings (SSSR count). The predicted molar refractivity (Wildman–Crippen MR) is 58.3 cm³/mol. The van der Waals surface area contributed by atoms with Crippen LogP contribution >= 0.6 is 12.6 Å². The van der Waals surface area contributed by atoms with Gasteiger partial charge in [-0.05, 0) is 0 Å². The summed E-state index contributed by atoms with van der Waals surface area (Å²) in [6, 6.07) is 0. The lowest BCUT2D eigenvalue weighted by atomic mass is 9.99. The first-order valence-electron chi connectivity index (χ1n) is 5.11. The minimum Gasteiger partial charge on any atom is -0.463 e. The molecule has 1 heterocycles. The van der Waals surface area contributed by atoms with Crippen LogP contribution in [0.25, 0.3) is 0 Å². The number of ether oxygens (including phenoxy) is 2. The van der Waals surface area contributed by atoms with Crippen molar-refractivity contribution in [2.24, 2.45) is 0 Å². The molecule has 5 atom stereocenters. The molecule has 0 aromatic rings. The second kappa shape index (κ2) is 6.53. The molecule has 0 amide bonds. The fourth-order valence-electron chi connectivity index (χ4n) is 1.41. The molecule has 1 aliphatic rings. The molecule has 0 aromatic carbocycles. The number of aliphatic hydroxyl groups excluding tert-OH is 4. The van der Waals surface area contributed by atoms with Crippen LogP contribution < -0.4 is 0 Å². The summed E-state index contributed by atoms with van der Waals surface area (Å²) in [6.07, 6.45) is -7.16. The summed E-state index contributed by atoms with van der Waals surface area (Å²) in [5.41, 5.74) is 0. The van der Waals surface area contributed by atoms with E-state index in [0.717, 1.165) is 0 Å². The number of rotatable bonds is 4. The lowest BCUT2D eigenvalue weighted by molar-refractivity contribution is -0.287. The van der Waals surface area contributed by atoms with Gasteiger partial charge in [0.15, 0.2) is 6.29 Å². The molecule has 0 saturated carbocycles. The normalized spacial score (nSPS) is 37.8. The Kier molecular flexibility index (Phi) is 5.63. The SMILES string of the molecule is O=C(CCS)OC[C@H]1OC(O)[C@@H](O)[C@@H](O)[C@@H]1O. The molecule has 0 radical (unpaired) electrons. The molecule has 100 valence electrons. The summed E-state index contributed by atoms with van der Waals surface area (Å²) in [7, 11) is 0. The van der Waals surface area contributed by atoms with Gasteiger partial charge in [0.25, 0.3) is 0 Å². The number of esters is 1. The van der Waals surface area contributed by atoms with E-state index in [1.165, 1.54) is 0 Å². The van der Waals surface area contributed by atoms with Crippen LogP contribution in [-0.2, 0) is 14.3 Å². The quantitative estimate of drug-likeness (QED) is 0.286. The lowest BCUT2D eigenvalue weighted by Crippen LogP contribution is -2.58. The van der Waals surface area contributed by atoms with Crippen molar-refractivity contribution in [1.29, 1.82) is 0 Å². The first-order valence-corrected chi connectivity index (χ1v) is 5.74. The Labute approximate surface area is 103 Å². The van der Waals surface area contributed by atoms with Gasteiger partial charge >= 0.3 is 5.97 Å². The Morgan fingerprint density at radius 2 is 1.82 bits per heavy atom. The maximum Gasteiger partial charge on any atom is 0.306 e. The highest BCUT2D eigenvalue weighted by Gasteiger charge is 2.43. The molecule has 4 N–H and O–H groups in total. The van der Waals surface area contributed by atoms with Gasteiger partial charge in [-0.3, -0.25) is 4.79 Å². The van der Waals surface area contributed by atoms with E-state index in [9.17, 15) is 25.2 Å². The van der Waals surface area contributed by atoms with Crippen LogP contribution in [-0.4, -0.2) is 69.5 Å². The van der Waals surface area contributed by atoms with Gasteiger partial charge in [0, 0.05) is 5.75 Å². The lowest BCUT2D eigenvalue weighted by Gasteiger charge is -2.37. The molecule has 0 aromatic heterocycles. The molecule has 8 heteroatoms. The zero-order valence-corrected chi connectivity index (χ0v) is 9.86. The van der Waals surface area contributed by atoms with Crippen molar-refractivity contribution in [3.05, 3.63) is 0 Å². The van der Waals surface area contributed by atoms with Crippen LogP contribution in [0.3, 0.4) is 0 Å². The van der Waals surface area contributed by atoms with E-state index in [1.807, 2.05) is 0 Å². The Hall–Kier alpha value is -0.380. The van der Waals surface area contributed by atoms with Crippen molar-refractivity contribution in [1.82, 2.24) is 0 Å².